The van der Waals surface area contributed by atoms with E-state index in [9.17, 15) is 9.18 Å². The molecule has 1 amide bonds. The third kappa shape index (κ3) is 2.18. The van der Waals surface area contributed by atoms with Gasteiger partial charge in [0.15, 0.2) is 6.17 Å². The summed E-state index contributed by atoms with van der Waals surface area (Å²) in [6, 6.07) is 7.31. The van der Waals surface area contributed by atoms with Gasteiger partial charge in [-0.05, 0) is 44.5 Å². The van der Waals surface area contributed by atoms with Gasteiger partial charge < -0.3 is 9.88 Å². The number of aromatic nitrogens is 1. The molecule has 5 heteroatoms. The summed E-state index contributed by atoms with van der Waals surface area (Å²) in [5.74, 6) is -0.548. The van der Waals surface area contributed by atoms with E-state index in [-0.39, 0.29) is 6.54 Å². The van der Waals surface area contributed by atoms with Gasteiger partial charge in [-0.2, -0.15) is 0 Å². The van der Waals surface area contributed by atoms with Crippen LogP contribution in [0.15, 0.2) is 18.2 Å². The summed E-state index contributed by atoms with van der Waals surface area (Å²) >= 11 is 0. The van der Waals surface area contributed by atoms with E-state index in [1.54, 1.807) is 0 Å². The number of likely N-dealkylation sites (N-methyl/N-ethyl adjacent to an activating group) is 1. The summed E-state index contributed by atoms with van der Waals surface area (Å²) in [7, 11) is 3.68. The number of hydrogen-bond acceptors (Lipinski definition) is 2. The molecule has 2 aliphatic heterocycles. The zero-order valence-electron chi connectivity index (χ0n) is 14.5. The summed E-state index contributed by atoms with van der Waals surface area (Å²) in [5.41, 5.74) is 4.85. The van der Waals surface area contributed by atoms with Crippen LogP contribution >= 0.6 is 0 Å². The summed E-state index contributed by atoms with van der Waals surface area (Å²) in [4.78, 5) is 14.2. The first-order chi connectivity index (χ1) is 11.5. The molecule has 0 radical (unpaired) electrons. The van der Waals surface area contributed by atoms with E-state index in [1.165, 1.54) is 35.7 Å². The minimum Gasteiger partial charge on any atom is -0.357 e. The Balaban J connectivity index is 1.88. The van der Waals surface area contributed by atoms with Gasteiger partial charge in [-0.3, -0.25) is 9.69 Å². The van der Waals surface area contributed by atoms with Crippen LogP contribution in [-0.2, 0) is 17.8 Å². The molecule has 0 spiro atoms. The number of carbonyl (C=O) groups excluding carboxylic acids is 1. The van der Waals surface area contributed by atoms with Gasteiger partial charge >= 0.3 is 0 Å². The lowest BCUT2D eigenvalue weighted by atomic mass is 9.97. The molecule has 1 N–H and O–H groups in total. The van der Waals surface area contributed by atoms with Crippen LogP contribution in [0.4, 0.5) is 4.39 Å². The Bertz CT molecular complexity index is 813. The van der Waals surface area contributed by atoms with Crippen molar-refractivity contribution in [3.8, 4) is 0 Å². The van der Waals surface area contributed by atoms with Crippen molar-refractivity contribution >= 4 is 16.8 Å². The van der Waals surface area contributed by atoms with Crippen LogP contribution in [0, 0.1) is 6.92 Å². The van der Waals surface area contributed by atoms with Gasteiger partial charge in [-0.25, -0.2) is 4.39 Å². The number of hydrogen-bond donors (Lipinski definition) is 1. The maximum atomic E-state index is 14.4. The number of amides is 1. The van der Waals surface area contributed by atoms with E-state index in [2.05, 4.69) is 47.0 Å². The molecule has 0 aliphatic carbocycles. The summed E-state index contributed by atoms with van der Waals surface area (Å²) < 4.78 is 16.4. The van der Waals surface area contributed by atoms with Gasteiger partial charge in [0, 0.05) is 42.1 Å². The molecule has 128 valence electrons. The van der Waals surface area contributed by atoms with Gasteiger partial charge in [0.2, 0.25) is 0 Å². The van der Waals surface area contributed by atoms with E-state index >= 15 is 0 Å². The monoisotopic (exact) mass is 329 g/mol. The molecular weight excluding hydrogens is 305 g/mol. The number of alkyl halides is 1. The van der Waals surface area contributed by atoms with Crippen LogP contribution in [0.1, 0.15) is 35.7 Å². The maximum Gasteiger partial charge on any atom is 0.256 e. The molecule has 1 aromatic heterocycles. The first-order valence-electron chi connectivity index (χ1n) is 8.70. The van der Waals surface area contributed by atoms with Crippen LogP contribution in [0.2, 0.25) is 0 Å². The molecule has 2 bridgehead atoms. The molecule has 3 heterocycles. The van der Waals surface area contributed by atoms with Crippen LogP contribution in [0.25, 0.3) is 10.9 Å². The predicted molar refractivity (Wildman–Crippen MR) is 92.9 cm³/mol. The lowest BCUT2D eigenvalue weighted by molar-refractivity contribution is -0.125. The lowest BCUT2D eigenvalue weighted by Gasteiger charge is -2.32. The summed E-state index contributed by atoms with van der Waals surface area (Å²) in [6.07, 6.45) is 1.78. The molecule has 3 atom stereocenters. The average molecular weight is 329 g/mol. The standard InChI is InChI=1S/C19H24FN3O/c1-11-4-6-15-13(8-11)18-16-7-5-12(22(16)3)9-17(18)23(15)10-14(20)19(24)21-2/h4,6,8,12,14,16H,5,7,9-10H2,1-3H3,(H,21,24). The first kappa shape index (κ1) is 15.6. The molecule has 1 aromatic carbocycles. The van der Waals surface area contributed by atoms with Crippen molar-refractivity contribution in [2.75, 3.05) is 14.1 Å². The molecule has 0 saturated carbocycles. The zero-order valence-corrected chi connectivity index (χ0v) is 14.5. The van der Waals surface area contributed by atoms with Gasteiger partial charge in [0.25, 0.3) is 5.91 Å². The minimum atomic E-state index is -1.52. The van der Waals surface area contributed by atoms with Crippen LogP contribution in [0.5, 0.6) is 0 Å². The third-order valence-corrected chi connectivity index (χ3v) is 5.85. The number of aryl methyl sites for hydroxylation is 1. The SMILES string of the molecule is CNC(=O)C(F)Cn1c2c(c3cc(C)ccc31)C1CCC(C2)N1C. The van der Waals surface area contributed by atoms with Gasteiger partial charge in [-0.15, -0.1) is 0 Å². The number of halogens is 1. The molecule has 1 saturated heterocycles. The quantitative estimate of drug-likeness (QED) is 0.940. The van der Waals surface area contributed by atoms with Crippen molar-refractivity contribution in [1.82, 2.24) is 14.8 Å². The highest BCUT2D eigenvalue weighted by atomic mass is 19.1. The molecule has 1 fully saturated rings. The Morgan fingerprint density at radius 2 is 2.21 bits per heavy atom. The van der Waals surface area contributed by atoms with Crippen molar-refractivity contribution in [1.29, 1.82) is 0 Å². The van der Waals surface area contributed by atoms with Gasteiger partial charge in [0.1, 0.15) is 0 Å². The highest BCUT2D eigenvalue weighted by Crippen LogP contribution is 2.47. The minimum absolute atomic E-state index is 0.0950. The third-order valence-electron chi connectivity index (χ3n) is 5.85. The van der Waals surface area contributed by atoms with Gasteiger partial charge in [0.05, 0.1) is 6.54 Å². The Morgan fingerprint density at radius 3 is 2.96 bits per heavy atom. The summed E-state index contributed by atoms with van der Waals surface area (Å²) in [6.45, 7) is 2.19. The number of rotatable bonds is 3. The van der Waals surface area contributed by atoms with Crippen molar-refractivity contribution in [3.05, 3.63) is 35.0 Å². The van der Waals surface area contributed by atoms with Crippen molar-refractivity contribution in [2.24, 2.45) is 0 Å². The van der Waals surface area contributed by atoms with Crippen LogP contribution in [-0.4, -0.2) is 41.7 Å². The molecule has 2 aliphatic rings. The molecule has 4 rings (SSSR count). The second-order valence-electron chi connectivity index (χ2n) is 7.19. The molecular formula is C19H24FN3O. The van der Waals surface area contributed by atoms with E-state index in [1.807, 2.05) is 0 Å². The number of fused-ring (bicyclic) bond motifs is 6. The van der Waals surface area contributed by atoms with Crippen LogP contribution in [0.3, 0.4) is 0 Å². The second kappa shape index (κ2) is 5.59. The van der Waals surface area contributed by atoms with Crippen LogP contribution < -0.4 is 5.32 Å². The normalized spacial score (nSPS) is 24.2. The zero-order chi connectivity index (χ0) is 17.0. The highest BCUT2D eigenvalue weighted by Gasteiger charge is 2.41. The topological polar surface area (TPSA) is 37.3 Å². The second-order valence-corrected chi connectivity index (χ2v) is 7.19. The Morgan fingerprint density at radius 1 is 1.42 bits per heavy atom. The number of benzene rings is 1. The smallest absolute Gasteiger partial charge is 0.256 e. The predicted octanol–water partition coefficient (Wildman–Crippen LogP) is 2.73. The van der Waals surface area contributed by atoms with Crippen molar-refractivity contribution in [2.45, 2.75) is 51.0 Å². The summed E-state index contributed by atoms with van der Waals surface area (Å²) in [5, 5.41) is 3.64. The highest BCUT2D eigenvalue weighted by molar-refractivity contribution is 5.88. The largest absolute Gasteiger partial charge is 0.357 e. The van der Waals surface area contributed by atoms with Crippen molar-refractivity contribution < 1.29 is 9.18 Å². The van der Waals surface area contributed by atoms with E-state index < -0.39 is 12.1 Å². The average Bonchev–Trinajstić information content (AvgIpc) is 2.98. The fraction of sp³-hybridized carbons (Fsp3) is 0.526. The first-order valence-corrected chi connectivity index (χ1v) is 8.70. The Labute approximate surface area is 141 Å². The number of carbonyl (C=O) groups is 1. The molecule has 2 aromatic rings. The Hall–Kier alpha value is -1.88. The fourth-order valence-corrected chi connectivity index (χ4v) is 4.58. The molecule has 4 nitrogen and oxygen atoms in total. The van der Waals surface area contributed by atoms with E-state index in [0.29, 0.717) is 12.1 Å². The van der Waals surface area contributed by atoms with E-state index in [0.717, 1.165) is 18.4 Å². The molecule has 3 unspecified atom stereocenters. The fourth-order valence-electron chi connectivity index (χ4n) is 4.58. The maximum absolute atomic E-state index is 14.4. The van der Waals surface area contributed by atoms with Gasteiger partial charge in [-0.1, -0.05) is 11.6 Å². The van der Waals surface area contributed by atoms with E-state index in [4.69, 9.17) is 0 Å². The Kier molecular flexibility index (Phi) is 3.64. The lowest BCUT2D eigenvalue weighted by Crippen LogP contribution is -2.36. The number of nitrogens with zero attached hydrogens (tertiary/aromatic N) is 2. The number of nitrogens with one attached hydrogen (secondary N) is 1. The molecule has 24 heavy (non-hydrogen) atoms. The van der Waals surface area contributed by atoms with Crippen molar-refractivity contribution in [3.63, 3.8) is 0 Å².